The normalized spacial score (nSPS) is 31.2. The van der Waals surface area contributed by atoms with E-state index in [1.807, 2.05) is 13.0 Å². The van der Waals surface area contributed by atoms with E-state index in [0.717, 1.165) is 50.3 Å². The smallest absolute Gasteiger partial charge is 0.286 e. The van der Waals surface area contributed by atoms with Crippen LogP contribution in [0.3, 0.4) is 0 Å². The van der Waals surface area contributed by atoms with Crippen molar-refractivity contribution in [2.75, 3.05) is 26.2 Å². The highest BCUT2D eigenvalue weighted by Crippen LogP contribution is 2.54. The first-order valence-corrected chi connectivity index (χ1v) is 10.3. The van der Waals surface area contributed by atoms with Crippen molar-refractivity contribution in [2.45, 2.75) is 37.9 Å². The van der Waals surface area contributed by atoms with Crippen molar-refractivity contribution >= 4 is 5.91 Å². The van der Waals surface area contributed by atoms with E-state index >= 15 is 0 Å². The molecule has 3 fully saturated rings. The second kappa shape index (κ2) is 7.01. The number of ether oxygens (including phenoxy) is 1. The summed E-state index contributed by atoms with van der Waals surface area (Å²) in [4.78, 5) is 19.4. The van der Waals surface area contributed by atoms with Crippen molar-refractivity contribution in [1.82, 2.24) is 15.2 Å². The van der Waals surface area contributed by atoms with Gasteiger partial charge in [0, 0.05) is 55.8 Å². The molecule has 1 N–H and O–H groups in total. The minimum absolute atomic E-state index is 0.00915. The molecule has 1 spiro atoms. The van der Waals surface area contributed by atoms with Gasteiger partial charge in [0.15, 0.2) is 5.76 Å². The average Bonchev–Trinajstić information content (AvgIpc) is 3.45. The molecule has 0 aromatic carbocycles. The molecule has 148 valence electrons. The van der Waals surface area contributed by atoms with Gasteiger partial charge >= 0.3 is 0 Å². The molecule has 6 nitrogen and oxygen atoms in total. The number of hydrogen-bond acceptors (Lipinski definition) is 5. The molecular weight excluding hydrogens is 354 g/mol. The lowest BCUT2D eigenvalue weighted by Crippen LogP contribution is -2.41. The minimum atomic E-state index is -0.137. The SMILES string of the molecule is Cc1cccc(CCN2C[C@@H]3[C@H](CNC(=O)c4ccco4)[C@H]4CC[C@]3(C2)O4)n1. The van der Waals surface area contributed by atoms with Crippen LogP contribution in [0.15, 0.2) is 41.0 Å². The summed E-state index contributed by atoms with van der Waals surface area (Å²) in [7, 11) is 0. The zero-order valence-corrected chi connectivity index (χ0v) is 16.3. The van der Waals surface area contributed by atoms with Crippen LogP contribution in [-0.2, 0) is 11.2 Å². The highest BCUT2D eigenvalue weighted by atomic mass is 16.5. The van der Waals surface area contributed by atoms with Crippen molar-refractivity contribution in [3.8, 4) is 0 Å². The van der Waals surface area contributed by atoms with E-state index in [0.29, 0.717) is 24.1 Å². The second-order valence-electron chi connectivity index (χ2n) is 8.47. The van der Waals surface area contributed by atoms with Crippen LogP contribution in [0.4, 0.5) is 0 Å². The minimum Gasteiger partial charge on any atom is -0.459 e. The number of nitrogens with one attached hydrogen (secondary N) is 1. The van der Waals surface area contributed by atoms with E-state index in [-0.39, 0.29) is 17.6 Å². The molecule has 1 amide bonds. The lowest BCUT2D eigenvalue weighted by atomic mass is 9.73. The largest absolute Gasteiger partial charge is 0.459 e. The number of furan rings is 1. The van der Waals surface area contributed by atoms with E-state index in [4.69, 9.17) is 9.15 Å². The number of hydrogen-bond donors (Lipinski definition) is 1. The third kappa shape index (κ3) is 3.14. The third-order valence-electron chi connectivity index (χ3n) is 6.73. The van der Waals surface area contributed by atoms with Gasteiger partial charge in [0.2, 0.25) is 0 Å². The Balaban J connectivity index is 1.20. The van der Waals surface area contributed by atoms with Crippen LogP contribution in [0.5, 0.6) is 0 Å². The Kier molecular flexibility index (Phi) is 4.48. The van der Waals surface area contributed by atoms with Gasteiger partial charge in [0.1, 0.15) is 0 Å². The van der Waals surface area contributed by atoms with Crippen LogP contribution >= 0.6 is 0 Å². The summed E-state index contributed by atoms with van der Waals surface area (Å²) < 4.78 is 11.7. The molecule has 3 aliphatic heterocycles. The van der Waals surface area contributed by atoms with E-state index in [9.17, 15) is 4.79 Å². The maximum atomic E-state index is 12.2. The Labute approximate surface area is 165 Å². The van der Waals surface area contributed by atoms with Crippen molar-refractivity contribution < 1.29 is 13.9 Å². The molecule has 0 aliphatic carbocycles. The number of rotatable bonds is 6. The van der Waals surface area contributed by atoms with Crippen LogP contribution in [0.25, 0.3) is 0 Å². The summed E-state index contributed by atoms with van der Waals surface area (Å²) in [6, 6.07) is 9.67. The fourth-order valence-corrected chi connectivity index (χ4v) is 5.45. The molecule has 6 heteroatoms. The number of fused-ring (bicyclic) bond motifs is 1. The Morgan fingerprint density at radius 1 is 1.36 bits per heavy atom. The van der Waals surface area contributed by atoms with Gasteiger partial charge in [-0.1, -0.05) is 6.07 Å². The van der Waals surface area contributed by atoms with Gasteiger partial charge in [-0.25, -0.2) is 0 Å². The Hall–Kier alpha value is -2.18. The van der Waals surface area contributed by atoms with Crippen LogP contribution in [0.2, 0.25) is 0 Å². The molecule has 2 aromatic rings. The summed E-state index contributed by atoms with van der Waals surface area (Å²) in [5.74, 6) is 1.11. The number of pyridine rings is 1. The highest BCUT2D eigenvalue weighted by Gasteiger charge is 2.62. The first kappa shape index (κ1) is 17.9. The van der Waals surface area contributed by atoms with E-state index in [1.54, 1.807) is 12.1 Å². The third-order valence-corrected chi connectivity index (χ3v) is 6.73. The number of amides is 1. The topological polar surface area (TPSA) is 67.6 Å². The molecule has 0 unspecified atom stereocenters. The Morgan fingerprint density at radius 3 is 3.11 bits per heavy atom. The lowest BCUT2D eigenvalue weighted by molar-refractivity contribution is 0.00283. The number of aromatic nitrogens is 1. The molecule has 5 rings (SSSR count). The van der Waals surface area contributed by atoms with Gasteiger partial charge in [0.05, 0.1) is 18.0 Å². The summed E-state index contributed by atoms with van der Waals surface area (Å²) in [6.07, 6.45) is 5.02. The maximum absolute atomic E-state index is 12.2. The van der Waals surface area contributed by atoms with Gasteiger partial charge < -0.3 is 14.5 Å². The van der Waals surface area contributed by atoms with Gasteiger partial charge in [-0.15, -0.1) is 0 Å². The molecule has 4 atom stereocenters. The van der Waals surface area contributed by atoms with Crippen molar-refractivity contribution in [3.05, 3.63) is 53.7 Å². The second-order valence-corrected chi connectivity index (χ2v) is 8.47. The summed E-state index contributed by atoms with van der Waals surface area (Å²) in [5.41, 5.74) is 2.22. The molecule has 3 saturated heterocycles. The molecule has 3 aliphatic rings. The van der Waals surface area contributed by atoms with Crippen LogP contribution < -0.4 is 5.32 Å². The summed E-state index contributed by atoms with van der Waals surface area (Å²) >= 11 is 0. The molecule has 5 heterocycles. The molecule has 28 heavy (non-hydrogen) atoms. The Bertz CT molecular complexity index is 852. The summed E-state index contributed by atoms with van der Waals surface area (Å²) in [5, 5.41) is 3.06. The number of carbonyl (C=O) groups excluding carboxylic acids is 1. The molecule has 0 saturated carbocycles. The number of nitrogens with zero attached hydrogens (tertiary/aromatic N) is 2. The van der Waals surface area contributed by atoms with Crippen LogP contribution in [0, 0.1) is 18.8 Å². The molecule has 2 aromatic heterocycles. The zero-order valence-electron chi connectivity index (χ0n) is 16.3. The van der Waals surface area contributed by atoms with E-state index < -0.39 is 0 Å². The monoisotopic (exact) mass is 381 g/mol. The Morgan fingerprint density at radius 2 is 2.29 bits per heavy atom. The van der Waals surface area contributed by atoms with Gasteiger partial charge in [-0.2, -0.15) is 0 Å². The predicted octanol–water partition coefficient (Wildman–Crippen LogP) is 2.43. The quantitative estimate of drug-likeness (QED) is 0.832. The molecule has 0 radical (unpaired) electrons. The number of likely N-dealkylation sites (tertiary alicyclic amines) is 1. The first-order valence-electron chi connectivity index (χ1n) is 10.3. The van der Waals surface area contributed by atoms with Crippen LogP contribution in [-0.4, -0.2) is 53.7 Å². The van der Waals surface area contributed by atoms with Crippen molar-refractivity contribution in [1.29, 1.82) is 0 Å². The molecule has 2 bridgehead atoms. The van der Waals surface area contributed by atoms with Crippen molar-refractivity contribution in [3.63, 3.8) is 0 Å². The van der Waals surface area contributed by atoms with Crippen LogP contribution in [0.1, 0.15) is 34.8 Å². The zero-order chi connectivity index (χ0) is 19.1. The number of aryl methyl sites for hydroxylation is 1. The van der Waals surface area contributed by atoms with Gasteiger partial charge in [-0.3, -0.25) is 14.7 Å². The first-order chi connectivity index (χ1) is 13.6. The summed E-state index contributed by atoms with van der Waals surface area (Å²) in [6.45, 7) is 5.75. The highest BCUT2D eigenvalue weighted by molar-refractivity contribution is 5.91. The molecular formula is C22H27N3O3. The standard InChI is InChI=1S/C22H27N3O3/c1-15-4-2-5-16(24-15)8-10-25-13-18-17(19-7-9-22(18,14-25)28-19)12-23-21(26)20-6-3-11-27-20/h2-6,11,17-19H,7-10,12-14H2,1H3,(H,23,26)/t17-,18+,19+,22+/m0/s1. The number of carbonyl (C=O) groups is 1. The predicted molar refractivity (Wildman–Crippen MR) is 104 cm³/mol. The van der Waals surface area contributed by atoms with Gasteiger partial charge in [-0.05, 0) is 44.0 Å². The van der Waals surface area contributed by atoms with E-state index in [2.05, 4.69) is 27.3 Å². The van der Waals surface area contributed by atoms with Crippen molar-refractivity contribution in [2.24, 2.45) is 11.8 Å². The maximum Gasteiger partial charge on any atom is 0.286 e. The lowest BCUT2D eigenvalue weighted by Gasteiger charge is -2.29. The average molecular weight is 381 g/mol. The fraction of sp³-hybridized carbons (Fsp3) is 0.545. The fourth-order valence-electron chi connectivity index (χ4n) is 5.45. The van der Waals surface area contributed by atoms with Gasteiger partial charge in [0.25, 0.3) is 5.91 Å². The van der Waals surface area contributed by atoms with E-state index in [1.165, 1.54) is 6.26 Å².